The van der Waals surface area contributed by atoms with E-state index in [1.54, 1.807) is 60.7 Å². The van der Waals surface area contributed by atoms with Gasteiger partial charge >= 0.3 is 0 Å². The Kier molecular flexibility index (Phi) is 10.5. The van der Waals surface area contributed by atoms with Crippen LogP contribution in [0.2, 0.25) is 0 Å². The highest BCUT2D eigenvalue weighted by molar-refractivity contribution is 8.00. The second kappa shape index (κ2) is 16.0. The van der Waals surface area contributed by atoms with E-state index < -0.39 is 17.1 Å². The number of nitrogens with one attached hydrogen (secondary N) is 3. The maximum atomic E-state index is 13.7. The molecule has 258 valence electrons. The zero-order chi connectivity index (χ0) is 35.7. The SMILES string of the molecule is O=C(Nc1ccc(S[C@@H](C(=O)Nc2ccc3c(c2)OCCO3)c2ccccc2)cc1)/C(=C/c1ccc(-c2ccccc2)o1)NC(=O)c1ccccc1. The Morgan fingerprint density at radius 1 is 0.654 bits per heavy atom. The van der Waals surface area contributed by atoms with Crippen molar-refractivity contribution in [1.29, 1.82) is 0 Å². The third-order valence-corrected chi connectivity index (χ3v) is 9.28. The largest absolute Gasteiger partial charge is 0.486 e. The first kappa shape index (κ1) is 34.0. The molecular weight excluding hydrogens is 675 g/mol. The number of carbonyl (C=O) groups is 3. The molecule has 0 saturated heterocycles. The molecule has 10 heteroatoms. The van der Waals surface area contributed by atoms with E-state index >= 15 is 0 Å². The molecule has 0 fully saturated rings. The predicted octanol–water partition coefficient (Wildman–Crippen LogP) is 8.60. The van der Waals surface area contributed by atoms with Crippen molar-refractivity contribution in [3.8, 4) is 22.8 Å². The summed E-state index contributed by atoms with van der Waals surface area (Å²) in [5, 5.41) is 8.06. The lowest BCUT2D eigenvalue weighted by molar-refractivity contribution is -0.116. The van der Waals surface area contributed by atoms with E-state index in [0.717, 1.165) is 16.0 Å². The first-order valence-corrected chi connectivity index (χ1v) is 17.4. The molecule has 0 unspecified atom stereocenters. The number of rotatable bonds is 11. The number of amides is 3. The maximum absolute atomic E-state index is 13.7. The standard InChI is InChI=1S/C42H33N3O6S/c46-40(30-14-8-3-9-15-30)45-35(27-33-19-23-36(51-33)28-10-4-1-5-11-28)41(47)43-31-16-20-34(21-17-31)52-39(29-12-6-2-7-13-29)42(48)44-32-18-22-37-38(26-32)50-25-24-49-37/h1-23,26-27,39H,24-25H2,(H,43,47)(H,44,48)(H,45,46)/b35-27-/t39-/m1/s1. The first-order valence-electron chi connectivity index (χ1n) is 16.6. The molecule has 9 nitrogen and oxygen atoms in total. The predicted molar refractivity (Wildman–Crippen MR) is 202 cm³/mol. The molecule has 0 radical (unpaired) electrons. The number of thioether (sulfide) groups is 1. The summed E-state index contributed by atoms with van der Waals surface area (Å²) in [5.41, 5.74) is 3.21. The van der Waals surface area contributed by atoms with Crippen LogP contribution in [0.3, 0.4) is 0 Å². The molecule has 0 saturated carbocycles. The van der Waals surface area contributed by atoms with Crippen LogP contribution in [0.25, 0.3) is 17.4 Å². The average Bonchev–Trinajstić information content (AvgIpc) is 3.67. The minimum atomic E-state index is -0.577. The van der Waals surface area contributed by atoms with Crippen molar-refractivity contribution >= 4 is 46.9 Å². The summed E-state index contributed by atoms with van der Waals surface area (Å²) in [6.07, 6.45) is 1.50. The lowest BCUT2D eigenvalue weighted by Crippen LogP contribution is -2.30. The zero-order valence-corrected chi connectivity index (χ0v) is 28.6. The van der Waals surface area contributed by atoms with Gasteiger partial charge < -0.3 is 29.8 Å². The van der Waals surface area contributed by atoms with Crippen molar-refractivity contribution in [2.45, 2.75) is 10.1 Å². The third-order valence-electron chi connectivity index (χ3n) is 8.02. The average molecular weight is 708 g/mol. The molecular formula is C42H33N3O6S. The van der Waals surface area contributed by atoms with Gasteiger partial charge in [0.2, 0.25) is 5.91 Å². The number of anilines is 2. The monoisotopic (exact) mass is 707 g/mol. The quantitative estimate of drug-likeness (QED) is 0.0912. The van der Waals surface area contributed by atoms with Gasteiger partial charge in [0.05, 0.1) is 0 Å². The molecule has 0 spiro atoms. The van der Waals surface area contributed by atoms with Crippen LogP contribution in [0.15, 0.2) is 161 Å². The second-order valence-corrected chi connectivity index (χ2v) is 12.9. The summed E-state index contributed by atoms with van der Waals surface area (Å²) < 4.78 is 17.3. The molecule has 5 aromatic carbocycles. The highest BCUT2D eigenvalue weighted by Gasteiger charge is 2.24. The summed E-state index contributed by atoms with van der Waals surface area (Å²) in [5.74, 6) is 1.07. The number of fused-ring (bicyclic) bond motifs is 1. The molecule has 0 bridgehead atoms. The summed E-state index contributed by atoms with van der Waals surface area (Å²) in [4.78, 5) is 41.3. The van der Waals surface area contributed by atoms with Gasteiger partial charge in [-0.1, -0.05) is 78.9 Å². The molecule has 1 aromatic heterocycles. The van der Waals surface area contributed by atoms with E-state index in [1.165, 1.54) is 17.8 Å². The summed E-state index contributed by atoms with van der Waals surface area (Å²) >= 11 is 1.38. The maximum Gasteiger partial charge on any atom is 0.272 e. The van der Waals surface area contributed by atoms with Gasteiger partial charge in [0.1, 0.15) is 35.7 Å². The Bertz CT molecular complexity index is 2200. The molecule has 52 heavy (non-hydrogen) atoms. The van der Waals surface area contributed by atoms with Crippen LogP contribution in [0.1, 0.15) is 26.9 Å². The van der Waals surface area contributed by atoms with Crippen LogP contribution in [0, 0.1) is 0 Å². The number of hydrogen-bond donors (Lipinski definition) is 3. The second-order valence-electron chi connectivity index (χ2n) is 11.7. The fraction of sp³-hybridized carbons (Fsp3) is 0.0714. The van der Waals surface area contributed by atoms with Gasteiger partial charge in [-0.25, -0.2) is 0 Å². The summed E-state index contributed by atoms with van der Waals surface area (Å²) in [6, 6.07) is 43.8. The van der Waals surface area contributed by atoms with E-state index in [1.807, 2.05) is 84.9 Å². The van der Waals surface area contributed by atoms with Gasteiger partial charge in [0, 0.05) is 39.5 Å². The first-order chi connectivity index (χ1) is 25.5. The molecule has 1 aliphatic rings. The zero-order valence-electron chi connectivity index (χ0n) is 27.8. The fourth-order valence-electron chi connectivity index (χ4n) is 5.45. The van der Waals surface area contributed by atoms with Gasteiger partial charge in [-0.2, -0.15) is 0 Å². The molecule has 1 atom stereocenters. The van der Waals surface area contributed by atoms with Crippen LogP contribution in [0.5, 0.6) is 11.5 Å². The van der Waals surface area contributed by atoms with Gasteiger partial charge in [-0.3, -0.25) is 14.4 Å². The Hall–Kier alpha value is -6.52. The molecule has 3 N–H and O–H groups in total. The van der Waals surface area contributed by atoms with Gasteiger partial charge in [-0.05, 0) is 66.2 Å². The van der Waals surface area contributed by atoms with Crippen molar-refractivity contribution < 1.29 is 28.3 Å². The summed E-state index contributed by atoms with van der Waals surface area (Å²) in [6.45, 7) is 0.931. The molecule has 1 aliphatic heterocycles. The van der Waals surface area contributed by atoms with Crippen LogP contribution in [-0.4, -0.2) is 30.9 Å². The van der Waals surface area contributed by atoms with E-state index in [4.69, 9.17) is 13.9 Å². The van der Waals surface area contributed by atoms with Crippen LogP contribution >= 0.6 is 11.8 Å². The van der Waals surface area contributed by atoms with Gasteiger partial charge in [0.25, 0.3) is 11.8 Å². The van der Waals surface area contributed by atoms with E-state index in [9.17, 15) is 14.4 Å². The lowest BCUT2D eigenvalue weighted by atomic mass is 10.1. The van der Waals surface area contributed by atoms with Crippen LogP contribution < -0.4 is 25.4 Å². The lowest BCUT2D eigenvalue weighted by Gasteiger charge is -2.20. The van der Waals surface area contributed by atoms with E-state index in [2.05, 4.69) is 16.0 Å². The Balaban J connectivity index is 1.08. The Morgan fingerprint density at radius 3 is 2.04 bits per heavy atom. The van der Waals surface area contributed by atoms with Crippen molar-refractivity contribution in [3.63, 3.8) is 0 Å². The smallest absolute Gasteiger partial charge is 0.272 e. The minimum Gasteiger partial charge on any atom is -0.486 e. The van der Waals surface area contributed by atoms with Crippen molar-refractivity contribution in [2.24, 2.45) is 0 Å². The summed E-state index contributed by atoms with van der Waals surface area (Å²) in [7, 11) is 0. The van der Waals surface area contributed by atoms with E-state index in [-0.39, 0.29) is 11.6 Å². The number of benzene rings is 5. The van der Waals surface area contributed by atoms with Crippen molar-refractivity contribution in [3.05, 3.63) is 168 Å². The molecule has 3 amide bonds. The highest BCUT2D eigenvalue weighted by Crippen LogP contribution is 2.38. The van der Waals surface area contributed by atoms with Crippen molar-refractivity contribution in [1.82, 2.24) is 5.32 Å². The highest BCUT2D eigenvalue weighted by atomic mass is 32.2. The molecule has 7 rings (SSSR count). The van der Waals surface area contributed by atoms with Crippen LogP contribution in [-0.2, 0) is 9.59 Å². The van der Waals surface area contributed by atoms with Crippen LogP contribution in [0.4, 0.5) is 11.4 Å². The van der Waals surface area contributed by atoms with Gasteiger partial charge in [0.15, 0.2) is 11.5 Å². The van der Waals surface area contributed by atoms with Crippen molar-refractivity contribution in [2.75, 3.05) is 23.8 Å². The molecule has 2 heterocycles. The molecule has 0 aliphatic carbocycles. The Morgan fingerprint density at radius 2 is 1.31 bits per heavy atom. The number of carbonyl (C=O) groups excluding carboxylic acids is 3. The topological polar surface area (TPSA) is 119 Å². The Labute approximate surface area is 304 Å². The van der Waals surface area contributed by atoms with Gasteiger partial charge in [-0.15, -0.1) is 11.8 Å². The normalized spacial score (nSPS) is 12.7. The molecule has 6 aromatic rings. The number of ether oxygens (including phenoxy) is 2. The minimum absolute atomic E-state index is 0.00113. The fourth-order valence-corrected chi connectivity index (χ4v) is 6.48. The van der Waals surface area contributed by atoms with E-state index in [0.29, 0.717) is 53.2 Å². The number of furan rings is 1. The third kappa shape index (κ3) is 8.43. The number of hydrogen-bond acceptors (Lipinski definition) is 7.